The molecule has 0 spiro atoms. The number of nitrogens with zero attached hydrogens (tertiary/aromatic N) is 2. The number of aliphatic hydroxyl groups is 1. The minimum Gasteiger partial charge on any atom is -0.497 e. The van der Waals surface area contributed by atoms with Gasteiger partial charge in [0.2, 0.25) is 0 Å². The lowest BCUT2D eigenvalue weighted by Crippen LogP contribution is -2.11. The van der Waals surface area contributed by atoms with Crippen molar-refractivity contribution in [3.63, 3.8) is 0 Å². The summed E-state index contributed by atoms with van der Waals surface area (Å²) in [4.78, 5) is 16.1. The van der Waals surface area contributed by atoms with E-state index in [2.05, 4.69) is 4.98 Å². The number of non-ortho nitro benzene ring substituents is 1. The van der Waals surface area contributed by atoms with E-state index in [1.807, 2.05) is 31.2 Å². The van der Waals surface area contributed by atoms with Crippen molar-refractivity contribution >= 4 is 22.2 Å². The van der Waals surface area contributed by atoms with Crippen molar-refractivity contribution < 1.29 is 19.5 Å². The number of methoxy groups -OCH3 is 2. The molecule has 0 amide bonds. The number of nitro groups is 1. The van der Waals surface area contributed by atoms with E-state index < -0.39 is 11.0 Å². The Bertz CT molecular complexity index is 1050. The molecule has 1 aromatic heterocycles. The molecule has 2 atom stereocenters. The van der Waals surface area contributed by atoms with Crippen LogP contribution in [-0.2, 0) is 6.42 Å². The summed E-state index contributed by atoms with van der Waals surface area (Å²) in [6.07, 6.45) is 0.200. The second-order valence-electron chi connectivity index (χ2n) is 7.01. The Balaban J connectivity index is 2.14. The van der Waals surface area contributed by atoms with Crippen LogP contribution in [0.1, 0.15) is 47.1 Å². The predicted molar refractivity (Wildman–Crippen MR) is 120 cm³/mol. The third-order valence-electron chi connectivity index (χ3n) is 5.13. The van der Waals surface area contributed by atoms with E-state index in [0.29, 0.717) is 45.6 Å². The highest BCUT2D eigenvalue weighted by atomic mass is 32.1. The van der Waals surface area contributed by atoms with Crippen molar-refractivity contribution in [1.29, 1.82) is 0 Å². The second kappa shape index (κ2) is 9.76. The lowest BCUT2D eigenvalue weighted by Gasteiger charge is -2.20. The molecule has 9 heteroatoms. The molecule has 0 aliphatic carbocycles. The van der Waals surface area contributed by atoms with Crippen molar-refractivity contribution in [3.05, 3.63) is 74.3 Å². The third-order valence-corrected chi connectivity index (χ3v) is 6.14. The largest absolute Gasteiger partial charge is 0.497 e. The van der Waals surface area contributed by atoms with Crippen LogP contribution in [0, 0.1) is 10.1 Å². The Kier molecular flexibility index (Phi) is 7.09. The third kappa shape index (κ3) is 4.95. The summed E-state index contributed by atoms with van der Waals surface area (Å²) in [7, 11) is 3.12. The van der Waals surface area contributed by atoms with E-state index in [1.54, 1.807) is 13.2 Å². The van der Waals surface area contributed by atoms with Crippen molar-refractivity contribution in [2.24, 2.45) is 0 Å². The summed E-state index contributed by atoms with van der Waals surface area (Å²) in [5.74, 6) is 0.957. The fraction of sp³-hybridized carbons (Fsp3) is 0.318. The summed E-state index contributed by atoms with van der Waals surface area (Å²) in [5.41, 5.74) is 8.24. The highest BCUT2D eigenvalue weighted by molar-refractivity contribution is 7.15. The molecule has 3 N–H and O–H groups in total. The maximum absolute atomic E-state index is 11.3. The van der Waals surface area contributed by atoms with E-state index in [1.165, 1.54) is 30.6 Å². The van der Waals surface area contributed by atoms with Crippen LogP contribution >= 0.6 is 11.3 Å². The summed E-state index contributed by atoms with van der Waals surface area (Å²) in [6, 6.07) is 12.1. The van der Waals surface area contributed by atoms with Gasteiger partial charge in [-0.2, -0.15) is 0 Å². The molecule has 0 fully saturated rings. The number of ether oxygens (including phenoxy) is 2. The molecule has 0 saturated carbocycles. The number of hydrogen-bond acceptors (Lipinski definition) is 8. The molecule has 164 valence electrons. The number of nitrogen functional groups attached to an aromatic ring is 1. The zero-order chi connectivity index (χ0) is 22.5. The Morgan fingerprint density at radius 1 is 1.19 bits per heavy atom. The molecule has 3 rings (SSSR count). The SMILES string of the molecule is CCC(O)c1sc(N)nc1C(Cc1cc([N+](=O)[O-])ccc1OC)c1ccc(OC)cc1. The van der Waals surface area contributed by atoms with Crippen molar-refractivity contribution in [1.82, 2.24) is 4.98 Å². The van der Waals surface area contributed by atoms with Crippen LogP contribution in [0.25, 0.3) is 0 Å². The standard InChI is InChI=1S/C22H25N3O5S/c1-4-18(26)21-20(24-22(23)31-21)17(13-5-8-16(29-2)9-6-13)12-14-11-15(25(27)28)7-10-19(14)30-3/h5-11,17-18,26H,4,12H2,1-3H3,(H2,23,24). The number of rotatable bonds is 9. The van der Waals surface area contributed by atoms with Gasteiger partial charge in [-0.1, -0.05) is 30.4 Å². The number of aliphatic hydroxyl groups excluding tert-OH is 1. The van der Waals surface area contributed by atoms with Crippen molar-refractivity contribution in [2.45, 2.75) is 31.8 Å². The van der Waals surface area contributed by atoms with Crippen molar-refractivity contribution in [2.75, 3.05) is 20.0 Å². The van der Waals surface area contributed by atoms with Crippen molar-refractivity contribution in [3.8, 4) is 11.5 Å². The van der Waals surface area contributed by atoms with Crippen LogP contribution in [0.2, 0.25) is 0 Å². The summed E-state index contributed by atoms with van der Waals surface area (Å²) in [6.45, 7) is 1.89. The van der Waals surface area contributed by atoms with E-state index in [0.717, 1.165) is 5.56 Å². The van der Waals surface area contributed by atoms with Gasteiger partial charge in [-0.15, -0.1) is 0 Å². The first-order chi connectivity index (χ1) is 14.9. The van der Waals surface area contributed by atoms with Gasteiger partial charge < -0.3 is 20.3 Å². The molecular formula is C22H25N3O5S. The van der Waals surface area contributed by atoms with Gasteiger partial charge in [0.1, 0.15) is 11.5 Å². The number of hydrogen-bond donors (Lipinski definition) is 2. The minimum absolute atomic E-state index is 0.0177. The fourth-order valence-corrected chi connectivity index (χ4v) is 4.47. The molecule has 0 radical (unpaired) electrons. The van der Waals surface area contributed by atoms with Crippen LogP contribution in [0.15, 0.2) is 42.5 Å². The molecule has 1 heterocycles. The Hall–Kier alpha value is -3.17. The van der Waals surface area contributed by atoms with Gasteiger partial charge in [-0.05, 0) is 36.6 Å². The lowest BCUT2D eigenvalue weighted by molar-refractivity contribution is -0.384. The quantitative estimate of drug-likeness (QED) is 0.370. The topological polar surface area (TPSA) is 121 Å². The van der Waals surface area contributed by atoms with Crippen LogP contribution in [0.3, 0.4) is 0 Å². The number of thiazole rings is 1. The van der Waals surface area contributed by atoms with Gasteiger partial charge >= 0.3 is 0 Å². The van der Waals surface area contributed by atoms with Gasteiger partial charge in [0.15, 0.2) is 5.13 Å². The van der Waals surface area contributed by atoms with Crippen LogP contribution in [0.5, 0.6) is 11.5 Å². The zero-order valence-corrected chi connectivity index (χ0v) is 18.4. The van der Waals surface area contributed by atoms with E-state index >= 15 is 0 Å². The first-order valence-electron chi connectivity index (χ1n) is 9.77. The molecule has 3 aromatic rings. The summed E-state index contributed by atoms with van der Waals surface area (Å²) in [5, 5.41) is 22.3. The maximum atomic E-state index is 11.3. The molecule has 0 aliphatic heterocycles. The molecule has 0 aliphatic rings. The van der Waals surface area contributed by atoms with Crippen LogP contribution in [0.4, 0.5) is 10.8 Å². The number of nitro benzene ring substituents is 1. The monoisotopic (exact) mass is 443 g/mol. The van der Waals surface area contributed by atoms with E-state index in [-0.39, 0.29) is 11.6 Å². The highest BCUT2D eigenvalue weighted by Gasteiger charge is 2.27. The zero-order valence-electron chi connectivity index (χ0n) is 17.6. The Labute approximate surface area is 184 Å². The molecule has 31 heavy (non-hydrogen) atoms. The number of nitrogens with two attached hydrogens (primary N) is 1. The Morgan fingerprint density at radius 3 is 2.48 bits per heavy atom. The fourth-order valence-electron chi connectivity index (χ4n) is 3.50. The molecule has 2 aromatic carbocycles. The minimum atomic E-state index is -0.697. The highest BCUT2D eigenvalue weighted by Crippen LogP contribution is 2.40. The number of benzene rings is 2. The summed E-state index contributed by atoms with van der Waals surface area (Å²) < 4.78 is 10.7. The summed E-state index contributed by atoms with van der Waals surface area (Å²) >= 11 is 1.26. The molecule has 8 nitrogen and oxygen atoms in total. The average molecular weight is 444 g/mol. The molecular weight excluding hydrogens is 418 g/mol. The van der Waals surface area contributed by atoms with Crippen LogP contribution < -0.4 is 15.2 Å². The van der Waals surface area contributed by atoms with Gasteiger partial charge in [-0.25, -0.2) is 4.98 Å². The Morgan fingerprint density at radius 2 is 1.90 bits per heavy atom. The van der Waals surface area contributed by atoms with E-state index in [9.17, 15) is 15.2 Å². The van der Waals surface area contributed by atoms with Gasteiger partial charge in [-0.3, -0.25) is 10.1 Å². The van der Waals surface area contributed by atoms with Gasteiger partial charge in [0.25, 0.3) is 5.69 Å². The lowest BCUT2D eigenvalue weighted by atomic mass is 9.87. The first-order valence-corrected chi connectivity index (χ1v) is 10.6. The normalized spacial score (nSPS) is 12.9. The second-order valence-corrected chi connectivity index (χ2v) is 8.07. The van der Waals surface area contributed by atoms with Crippen LogP contribution in [-0.4, -0.2) is 29.2 Å². The number of aromatic nitrogens is 1. The van der Waals surface area contributed by atoms with Gasteiger partial charge in [0, 0.05) is 23.6 Å². The maximum Gasteiger partial charge on any atom is 0.269 e. The van der Waals surface area contributed by atoms with E-state index in [4.69, 9.17) is 15.2 Å². The number of anilines is 1. The first kappa shape index (κ1) is 22.5. The van der Waals surface area contributed by atoms with Gasteiger partial charge in [0.05, 0.1) is 35.8 Å². The molecule has 2 unspecified atom stereocenters. The molecule has 0 saturated heterocycles. The average Bonchev–Trinajstić information content (AvgIpc) is 3.18. The smallest absolute Gasteiger partial charge is 0.269 e. The predicted octanol–water partition coefficient (Wildman–Crippen LogP) is 4.47. The molecule has 0 bridgehead atoms.